The van der Waals surface area contributed by atoms with Crippen LogP contribution in [0.3, 0.4) is 0 Å². The summed E-state index contributed by atoms with van der Waals surface area (Å²) in [6.07, 6.45) is 0.882. The van der Waals surface area contributed by atoms with Crippen molar-refractivity contribution < 1.29 is 9.53 Å². The Morgan fingerprint density at radius 2 is 2.17 bits per heavy atom. The second-order valence-electron chi connectivity index (χ2n) is 5.92. The molecular weight excluding hydrogens is 320 g/mol. The minimum atomic E-state index is -0.0166. The van der Waals surface area contributed by atoms with Crippen LogP contribution in [0.1, 0.15) is 41.4 Å². The normalized spacial score (nSPS) is 14.3. The fourth-order valence-corrected chi connectivity index (χ4v) is 3.91. The van der Waals surface area contributed by atoms with Gasteiger partial charge in [0.1, 0.15) is 5.75 Å². The van der Waals surface area contributed by atoms with Gasteiger partial charge in [-0.3, -0.25) is 9.69 Å². The van der Waals surface area contributed by atoms with Crippen molar-refractivity contribution in [1.82, 2.24) is 10.2 Å². The van der Waals surface area contributed by atoms with E-state index < -0.39 is 0 Å². The van der Waals surface area contributed by atoms with Gasteiger partial charge in [-0.1, -0.05) is 13.8 Å². The molecule has 0 bridgehead atoms. The highest BCUT2D eigenvalue weighted by atomic mass is 32.1. The van der Waals surface area contributed by atoms with Gasteiger partial charge >= 0.3 is 0 Å². The predicted molar refractivity (Wildman–Crippen MR) is 98.0 cm³/mol. The van der Waals surface area contributed by atoms with E-state index in [4.69, 9.17) is 4.74 Å². The average molecular weight is 344 g/mol. The number of fused-ring (bicyclic) bond motifs is 1. The Kier molecular flexibility index (Phi) is 5.53. The largest absolute Gasteiger partial charge is 0.493 e. The van der Waals surface area contributed by atoms with Crippen LogP contribution in [0.2, 0.25) is 0 Å². The zero-order valence-corrected chi connectivity index (χ0v) is 15.1. The van der Waals surface area contributed by atoms with Gasteiger partial charge in [-0.05, 0) is 59.2 Å². The number of amides is 1. The number of hydrogen-bond acceptors (Lipinski definition) is 4. The van der Waals surface area contributed by atoms with Crippen molar-refractivity contribution in [3.05, 3.63) is 51.7 Å². The lowest BCUT2D eigenvalue weighted by molar-refractivity contribution is 0.0935. The van der Waals surface area contributed by atoms with E-state index in [2.05, 4.69) is 40.9 Å². The van der Waals surface area contributed by atoms with E-state index in [9.17, 15) is 4.79 Å². The smallest absolute Gasteiger partial charge is 0.251 e. The van der Waals surface area contributed by atoms with E-state index in [0.717, 1.165) is 30.8 Å². The van der Waals surface area contributed by atoms with Crippen LogP contribution in [0.25, 0.3) is 0 Å². The molecule has 0 unspecified atom stereocenters. The van der Waals surface area contributed by atoms with Gasteiger partial charge < -0.3 is 10.1 Å². The Morgan fingerprint density at radius 1 is 1.33 bits per heavy atom. The second kappa shape index (κ2) is 7.81. The summed E-state index contributed by atoms with van der Waals surface area (Å²) in [7, 11) is 0. The van der Waals surface area contributed by atoms with E-state index in [1.165, 1.54) is 5.56 Å². The van der Waals surface area contributed by atoms with Crippen molar-refractivity contribution in [3.8, 4) is 5.75 Å². The molecule has 1 aliphatic rings. The Hall–Kier alpha value is -1.85. The number of benzene rings is 1. The van der Waals surface area contributed by atoms with Crippen molar-refractivity contribution in [2.24, 2.45) is 0 Å². The summed E-state index contributed by atoms with van der Waals surface area (Å²) in [4.78, 5) is 14.9. The molecule has 0 radical (unpaired) electrons. The third kappa shape index (κ3) is 3.62. The van der Waals surface area contributed by atoms with E-state index in [1.807, 2.05) is 18.2 Å². The highest BCUT2D eigenvalue weighted by Gasteiger charge is 2.20. The Morgan fingerprint density at radius 3 is 2.88 bits per heavy atom. The topological polar surface area (TPSA) is 41.6 Å². The zero-order chi connectivity index (χ0) is 16.9. The first-order valence-corrected chi connectivity index (χ1v) is 9.47. The molecule has 1 amide bonds. The summed E-state index contributed by atoms with van der Waals surface area (Å²) in [6, 6.07) is 8.06. The molecule has 1 aromatic carbocycles. The molecule has 1 aliphatic heterocycles. The average Bonchev–Trinajstić information content (AvgIpc) is 3.28. The third-order valence-electron chi connectivity index (χ3n) is 4.59. The summed E-state index contributed by atoms with van der Waals surface area (Å²) in [5, 5.41) is 7.37. The van der Waals surface area contributed by atoms with Gasteiger partial charge in [0.15, 0.2) is 0 Å². The first-order chi connectivity index (χ1) is 11.7. The molecule has 2 heterocycles. The van der Waals surface area contributed by atoms with Crippen LogP contribution < -0.4 is 10.1 Å². The molecule has 4 nitrogen and oxygen atoms in total. The summed E-state index contributed by atoms with van der Waals surface area (Å²) in [6.45, 7) is 7.57. The molecule has 1 aromatic heterocycles. The lowest BCUT2D eigenvalue weighted by Crippen LogP contribution is -2.37. The fraction of sp³-hybridized carbons (Fsp3) is 0.421. The highest BCUT2D eigenvalue weighted by Crippen LogP contribution is 2.26. The molecular formula is C19H24N2O2S. The van der Waals surface area contributed by atoms with E-state index >= 15 is 0 Å². The Labute approximate surface area is 147 Å². The van der Waals surface area contributed by atoms with Crippen LogP contribution in [0.4, 0.5) is 0 Å². The highest BCUT2D eigenvalue weighted by molar-refractivity contribution is 7.07. The zero-order valence-electron chi connectivity index (χ0n) is 14.2. The van der Waals surface area contributed by atoms with E-state index in [0.29, 0.717) is 18.7 Å². The molecule has 1 N–H and O–H groups in total. The molecule has 0 aliphatic carbocycles. The number of thiophene rings is 1. The number of carbonyl (C=O) groups excluding carboxylic acids is 1. The maximum absolute atomic E-state index is 12.5. The number of hydrogen-bond donors (Lipinski definition) is 1. The van der Waals surface area contributed by atoms with Crippen molar-refractivity contribution in [3.63, 3.8) is 0 Å². The summed E-state index contributed by atoms with van der Waals surface area (Å²) >= 11 is 1.70. The molecule has 1 atom stereocenters. The molecule has 128 valence electrons. The van der Waals surface area contributed by atoms with Gasteiger partial charge in [0.2, 0.25) is 0 Å². The van der Waals surface area contributed by atoms with Crippen LogP contribution in [-0.4, -0.2) is 37.0 Å². The number of nitrogens with zero attached hydrogens (tertiary/aromatic N) is 1. The van der Waals surface area contributed by atoms with Gasteiger partial charge in [-0.25, -0.2) is 0 Å². The van der Waals surface area contributed by atoms with Crippen LogP contribution in [0, 0.1) is 0 Å². The molecule has 3 rings (SSSR count). The van der Waals surface area contributed by atoms with Crippen molar-refractivity contribution in [1.29, 1.82) is 0 Å². The predicted octanol–water partition coefficient (Wildman–Crippen LogP) is 3.50. The second-order valence-corrected chi connectivity index (χ2v) is 6.70. The van der Waals surface area contributed by atoms with E-state index in [1.54, 1.807) is 11.3 Å². The molecule has 5 heteroatoms. The molecule has 0 saturated carbocycles. The Balaban J connectivity index is 1.69. The van der Waals surface area contributed by atoms with Gasteiger partial charge in [0, 0.05) is 18.5 Å². The van der Waals surface area contributed by atoms with Crippen molar-refractivity contribution >= 4 is 17.2 Å². The standard InChI is InChI=1S/C19H24N2O2S/c1-3-21(4-2)17(16-8-10-24-13-16)12-20-19(22)15-5-6-18-14(11-15)7-9-23-18/h5-6,8,10-11,13,17H,3-4,7,9,12H2,1-2H3,(H,20,22)/t17-/m1/s1. The number of carbonyl (C=O) groups is 1. The monoisotopic (exact) mass is 344 g/mol. The lowest BCUT2D eigenvalue weighted by Gasteiger charge is -2.29. The first kappa shape index (κ1) is 17.0. The maximum Gasteiger partial charge on any atom is 0.251 e. The van der Waals surface area contributed by atoms with Crippen molar-refractivity contribution in [2.75, 3.05) is 26.2 Å². The summed E-state index contributed by atoms with van der Waals surface area (Å²) in [5.41, 5.74) is 3.11. The number of nitrogens with one attached hydrogen (secondary N) is 1. The Bertz CT molecular complexity index is 681. The summed E-state index contributed by atoms with van der Waals surface area (Å²) in [5.74, 6) is 0.892. The molecule has 0 spiro atoms. The molecule has 24 heavy (non-hydrogen) atoms. The minimum absolute atomic E-state index is 0.0166. The minimum Gasteiger partial charge on any atom is -0.493 e. The molecule has 0 saturated heterocycles. The van der Waals surface area contributed by atoms with Crippen LogP contribution in [0.15, 0.2) is 35.0 Å². The number of likely N-dealkylation sites (N-methyl/N-ethyl adjacent to an activating group) is 1. The van der Waals surface area contributed by atoms with Gasteiger partial charge in [0.25, 0.3) is 5.91 Å². The quantitative estimate of drug-likeness (QED) is 0.836. The van der Waals surface area contributed by atoms with Crippen LogP contribution in [0.5, 0.6) is 5.75 Å². The summed E-state index contributed by atoms with van der Waals surface area (Å²) < 4.78 is 5.50. The molecule has 2 aromatic rings. The SMILES string of the molecule is CCN(CC)[C@H](CNC(=O)c1ccc2c(c1)CCO2)c1ccsc1. The molecule has 0 fully saturated rings. The first-order valence-electron chi connectivity index (χ1n) is 8.53. The third-order valence-corrected chi connectivity index (χ3v) is 5.29. The fourth-order valence-electron chi connectivity index (χ4n) is 3.21. The van der Waals surface area contributed by atoms with Gasteiger partial charge in [0.05, 0.1) is 12.6 Å². The van der Waals surface area contributed by atoms with Gasteiger partial charge in [-0.2, -0.15) is 11.3 Å². The van der Waals surface area contributed by atoms with Gasteiger partial charge in [-0.15, -0.1) is 0 Å². The van der Waals surface area contributed by atoms with E-state index in [-0.39, 0.29) is 11.9 Å². The van der Waals surface area contributed by atoms with Crippen LogP contribution in [-0.2, 0) is 6.42 Å². The van der Waals surface area contributed by atoms with Crippen LogP contribution >= 0.6 is 11.3 Å². The number of ether oxygens (including phenoxy) is 1. The number of rotatable bonds is 7. The van der Waals surface area contributed by atoms with Crippen molar-refractivity contribution in [2.45, 2.75) is 26.3 Å². The maximum atomic E-state index is 12.5. The lowest BCUT2D eigenvalue weighted by atomic mass is 10.1.